The van der Waals surface area contributed by atoms with E-state index in [4.69, 9.17) is 5.73 Å². The minimum atomic E-state index is -0.276. The van der Waals surface area contributed by atoms with Crippen LogP contribution in [0.25, 0.3) is 0 Å². The highest BCUT2D eigenvalue weighted by Gasteiger charge is 2.10. The molecule has 2 aromatic rings. The van der Waals surface area contributed by atoms with Crippen molar-refractivity contribution in [2.24, 2.45) is 5.73 Å². The number of nitrogens with two attached hydrogens (primary N) is 1. The maximum absolute atomic E-state index is 13.3. The second kappa shape index (κ2) is 5.14. The zero-order valence-corrected chi connectivity index (χ0v) is 11.6. The molecule has 0 aliphatic rings. The van der Waals surface area contributed by atoms with Crippen LogP contribution in [0.1, 0.15) is 22.7 Å². The number of hydrogen-bond acceptors (Lipinski definition) is 1. The van der Waals surface area contributed by atoms with Crippen molar-refractivity contribution in [3.05, 3.63) is 68.5 Å². The van der Waals surface area contributed by atoms with E-state index in [1.165, 1.54) is 12.1 Å². The standard InChI is InChI=1S/C14H13FIN/c1-9-6-11(8-12(15)7-9)14(17)10-2-4-13(16)5-3-10/h2-8,14H,17H2,1H3. The molecule has 0 saturated heterocycles. The minimum Gasteiger partial charge on any atom is -0.320 e. The highest BCUT2D eigenvalue weighted by molar-refractivity contribution is 14.1. The van der Waals surface area contributed by atoms with E-state index in [1.807, 2.05) is 37.3 Å². The molecule has 17 heavy (non-hydrogen) atoms. The van der Waals surface area contributed by atoms with E-state index in [9.17, 15) is 4.39 Å². The van der Waals surface area contributed by atoms with E-state index < -0.39 is 0 Å². The van der Waals surface area contributed by atoms with Crippen LogP contribution in [0.3, 0.4) is 0 Å². The van der Waals surface area contributed by atoms with Crippen LogP contribution in [0.5, 0.6) is 0 Å². The zero-order chi connectivity index (χ0) is 12.4. The zero-order valence-electron chi connectivity index (χ0n) is 9.45. The minimum absolute atomic E-state index is 0.235. The Morgan fingerprint density at radius 1 is 1.06 bits per heavy atom. The predicted octanol–water partition coefficient (Wildman–Crippen LogP) is 3.79. The molecule has 0 saturated carbocycles. The molecule has 1 nitrogen and oxygen atoms in total. The van der Waals surface area contributed by atoms with Crippen molar-refractivity contribution < 1.29 is 4.39 Å². The van der Waals surface area contributed by atoms with Crippen LogP contribution in [0.2, 0.25) is 0 Å². The van der Waals surface area contributed by atoms with Crippen molar-refractivity contribution in [1.29, 1.82) is 0 Å². The average molecular weight is 341 g/mol. The highest BCUT2D eigenvalue weighted by Crippen LogP contribution is 2.22. The lowest BCUT2D eigenvalue weighted by Crippen LogP contribution is -2.12. The number of aryl methyl sites for hydroxylation is 1. The molecule has 0 aliphatic carbocycles. The highest BCUT2D eigenvalue weighted by atomic mass is 127. The molecule has 88 valence electrons. The predicted molar refractivity (Wildman–Crippen MR) is 76.3 cm³/mol. The summed E-state index contributed by atoms with van der Waals surface area (Å²) in [6, 6.07) is 12.6. The van der Waals surface area contributed by atoms with E-state index >= 15 is 0 Å². The first-order valence-corrected chi connectivity index (χ1v) is 6.42. The topological polar surface area (TPSA) is 26.0 Å². The van der Waals surface area contributed by atoms with E-state index in [0.29, 0.717) is 0 Å². The van der Waals surface area contributed by atoms with Gasteiger partial charge in [-0.2, -0.15) is 0 Å². The number of benzene rings is 2. The van der Waals surface area contributed by atoms with Crippen LogP contribution in [0.4, 0.5) is 4.39 Å². The first-order valence-electron chi connectivity index (χ1n) is 5.34. The Morgan fingerprint density at radius 3 is 2.29 bits per heavy atom. The van der Waals surface area contributed by atoms with Crippen molar-refractivity contribution in [3.63, 3.8) is 0 Å². The first kappa shape index (κ1) is 12.5. The van der Waals surface area contributed by atoms with Gasteiger partial charge in [-0.05, 0) is 70.5 Å². The van der Waals surface area contributed by atoms with Gasteiger partial charge in [0.25, 0.3) is 0 Å². The maximum atomic E-state index is 13.3. The van der Waals surface area contributed by atoms with Crippen molar-refractivity contribution in [2.45, 2.75) is 13.0 Å². The van der Waals surface area contributed by atoms with Gasteiger partial charge in [-0.3, -0.25) is 0 Å². The molecule has 0 amide bonds. The molecule has 1 atom stereocenters. The summed E-state index contributed by atoms with van der Waals surface area (Å²) in [5.74, 6) is -0.235. The molecule has 2 aromatic carbocycles. The summed E-state index contributed by atoms with van der Waals surface area (Å²) in [5.41, 5.74) is 8.83. The van der Waals surface area contributed by atoms with E-state index in [0.717, 1.165) is 20.3 Å². The largest absolute Gasteiger partial charge is 0.320 e. The molecule has 0 radical (unpaired) electrons. The average Bonchev–Trinajstić information content (AvgIpc) is 2.28. The second-order valence-electron chi connectivity index (χ2n) is 4.09. The van der Waals surface area contributed by atoms with E-state index in [-0.39, 0.29) is 11.9 Å². The molecule has 0 aromatic heterocycles. The summed E-state index contributed by atoms with van der Waals surface area (Å²) in [6.07, 6.45) is 0. The molecule has 2 N–H and O–H groups in total. The maximum Gasteiger partial charge on any atom is 0.123 e. The summed E-state index contributed by atoms with van der Waals surface area (Å²) >= 11 is 2.24. The lowest BCUT2D eigenvalue weighted by molar-refractivity contribution is 0.622. The van der Waals surface area contributed by atoms with Gasteiger partial charge in [0.15, 0.2) is 0 Å². The molecule has 0 fully saturated rings. The van der Waals surface area contributed by atoms with Crippen LogP contribution in [0, 0.1) is 16.3 Å². The number of rotatable bonds is 2. The van der Waals surface area contributed by atoms with Crippen LogP contribution in [-0.4, -0.2) is 0 Å². The molecule has 0 aliphatic heterocycles. The number of hydrogen-bond donors (Lipinski definition) is 1. The fourth-order valence-corrected chi connectivity index (χ4v) is 2.17. The van der Waals surface area contributed by atoms with E-state index in [2.05, 4.69) is 22.6 Å². The summed E-state index contributed by atoms with van der Waals surface area (Å²) < 4.78 is 14.5. The fourth-order valence-electron chi connectivity index (χ4n) is 1.81. The van der Waals surface area contributed by atoms with Crippen LogP contribution in [0.15, 0.2) is 42.5 Å². The summed E-state index contributed by atoms with van der Waals surface area (Å²) in [7, 11) is 0. The van der Waals surface area contributed by atoms with Crippen molar-refractivity contribution >= 4 is 22.6 Å². The Morgan fingerprint density at radius 2 is 1.71 bits per heavy atom. The van der Waals surface area contributed by atoms with Crippen LogP contribution >= 0.6 is 22.6 Å². The van der Waals surface area contributed by atoms with Gasteiger partial charge in [-0.25, -0.2) is 4.39 Å². The lowest BCUT2D eigenvalue weighted by atomic mass is 9.98. The fraction of sp³-hybridized carbons (Fsp3) is 0.143. The quantitative estimate of drug-likeness (QED) is 0.827. The van der Waals surface area contributed by atoms with Crippen molar-refractivity contribution in [2.75, 3.05) is 0 Å². The van der Waals surface area contributed by atoms with Gasteiger partial charge in [0.2, 0.25) is 0 Å². The SMILES string of the molecule is Cc1cc(F)cc(C(N)c2ccc(I)cc2)c1. The van der Waals surface area contributed by atoms with Crippen molar-refractivity contribution in [3.8, 4) is 0 Å². The molecule has 0 bridgehead atoms. The van der Waals surface area contributed by atoms with Crippen LogP contribution in [-0.2, 0) is 0 Å². The Kier molecular flexibility index (Phi) is 3.79. The van der Waals surface area contributed by atoms with Crippen LogP contribution < -0.4 is 5.73 Å². The third kappa shape index (κ3) is 3.04. The van der Waals surface area contributed by atoms with Gasteiger partial charge < -0.3 is 5.73 Å². The van der Waals surface area contributed by atoms with Gasteiger partial charge >= 0.3 is 0 Å². The van der Waals surface area contributed by atoms with Crippen molar-refractivity contribution in [1.82, 2.24) is 0 Å². The third-order valence-corrected chi connectivity index (χ3v) is 3.37. The molecule has 1 unspecified atom stereocenters. The van der Waals surface area contributed by atoms with Gasteiger partial charge in [0.1, 0.15) is 5.82 Å². The lowest BCUT2D eigenvalue weighted by Gasteiger charge is -2.13. The molecular formula is C14H13FIN. The smallest absolute Gasteiger partial charge is 0.123 e. The van der Waals surface area contributed by atoms with E-state index in [1.54, 1.807) is 0 Å². The second-order valence-corrected chi connectivity index (χ2v) is 5.34. The molecular weight excluding hydrogens is 328 g/mol. The Bertz CT molecular complexity index is 502. The number of halogens is 2. The van der Waals surface area contributed by atoms with Gasteiger partial charge in [0.05, 0.1) is 6.04 Å². The molecule has 0 spiro atoms. The Hall–Kier alpha value is -0.940. The Balaban J connectivity index is 2.36. The first-order chi connectivity index (χ1) is 8.06. The summed E-state index contributed by atoms with van der Waals surface area (Å²) in [5, 5.41) is 0. The molecule has 2 rings (SSSR count). The molecule has 3 heteroatoms. The Labute approximate surface area is 114 Å². The van der Waals surface area contributed by atoms with Gasteiger partial charge in [0, 0.05) is 3.57 Å². The normalized spacial score (nSPS) is 12.5. The molecule has 0 heterocycles. The van der Waals surface area contributed by atoms with Gasteiger partial charge in [-0.1, -0.05) is 18.2 Å². The summed E-state index contributed by atoms with van der Waals surface area (Å²) in [4.78, 5) is 0. The third-order valence-electron chi connectivity index (χ3n) is 2.65. The van der Waals surface area contributed by atoms with Gasteiger partial charge in [-0.15, -0.1) is 0 Å². The summed E-state index contributed by atoms with van der Waals surface area (Å²) in [6.45, 7) is 1.87. The monoisotopic (exact) mass is 341 g/mol.